The van der Waals surface area contributed by atoms with Gasteiger partial charge in [-0.15, -0.1) is 5.10 Å². The lowest BCUT2D eigenvalue weighted by Crippen LogP contribution is -2.05. The summed E-state index contributed by atoms with van der Waals surface area (Å²) < 4.78 is 1.92. The monoisotopic (exact) mass is 243 g/mol. The summed E-state index contributed by atoms with van der Waals surface area (Å²) in [7, 11) is 0. The average molecular weight is 243 g/mol. The number of nitrogens with two attached hydrogens (primary N) is 1. The zero-order valence-electron chi connectivity index (χ0n) is 10.9. The normalized spacial score (nSPS) is 20.9. The Balaban J connectivity index is 2.05. The summed E-state index contributed by atoms with van der Waals surface area (Å²) in [4.78, 5) is 0. The van der Waals surface area contributed by atoms with Crippen LogP contribution in [0.4, 0.5) is 5.69 Å². The van der Waals surface area contributed by atoms with Crippen LogP contribution in [0.3, 0.4) is 0 Å². The van der Waals surface area contributed by atoms with Gasteiger partial charge in [0.1, 0.15) is 0 Å². The van der Waals surface area contributed by atoms with Gasteiger partial charge in [-0.3, -0.25) is 0 Å². The van der Waals surface area contributed by atoms with E-state index in [0.29, 0.717) is 11.5 Å². The number of hydrogen-bond acceptors (Lipinski definition) is 4. The molecule has 1 atom stereocenters. The van der Waals surface area contributed by atoms with Gasteiger partial charge in [-0.25, -0.2) is 4.68 Å². The number of nitrogens with zero attached hydrogens (tertiary/aromatic N) is 4. The van der Waals surface area contributed by atoms with Crippen molar-refractivity contribution in [2.75, 3.05) is 5.73 Å². The first kappa shape index (κ1) is 11.2. The average Bonchev–Trinajstić information content (AvgIpc) is 2.74. The first-order valence-corrected chi connectivity index (χ1v) is 6.13. The highest BCUT2D eigenvalue weighted by Crippen LogP contribution is 2.55. The number of aryl methyl sites for hydroxylation is 1. The fraction of sp³-hybridized carbons (Fsp3) is 0.462. The molecule has 2 N–H and O–H groups in total. The minimum atomic E-state index is 0.291. The van der Waals surface area contributed by atoms with Gasteiger partial charge in [-0.2, -0.15) is 0 Å². The van der Waals surface area contributed by atoms with Crippen molar-refractivity contribution in [2.24, 2.45) is 5.41 Å². The molecule has 0 saturated heterocycles. The van der Waals surface area contributed by atoms with Crippen LogP contribution >= 0.6 is 0 Å². The van der Waals surface area contributed by atoms with Gasteiger partial charge in [0.25, 0.3) is 0 Å². The summed E-state index contributed by atoms with van der Waals surface area (Å²) in [6, 6.07) is 6.32. The second-order valence-corrected chi connectivity index (χ2v) is 5.79. The van der Waals surface area contributed by atoms with E-state index in [-0.39, 0.29) is 0 Å². The number of nitrogen functional groups attached to an aromatic ring is 1. The Morgan fingerprint density at radius 3 is 2.67 bits per heavy atom. The van der Waals surface area contributed by atoms with Crippen molar-refractivity contribution in [1.82, 2.24) is 20.2 Å². The van der Waals surface area contributed by atoms with Crippen LogP contribution in [-0.4, -0.2) is 20.2 Å². The molecule has 0 aliphatic heterocycles. The van der Waals surface area contributed by atoms with Gasteiger partial charge in [0.2, 0.25) is 0 Å². The van der Waals surface area contributed by atoms with Crippen molar-refractivity contribution in [2.45, 2.75) is 33.2 Å². The second kappa shape index (κ2) is 3.54. The van der Waals surface area contributed by atoms with Gasteiger partial charge in [-0.1, -0.05) is 13.8 Å². The first-order chi connectivity index (χ1) is 8.47. The minimum absolute atomic E-state index is 0.291. The fourth-order valence-corrected chi connectivity index (χ4v) is 2.39. The van der Waals surface area contributed by atoms with Crippen LogP contribution in [0.25, 0.3) is 11.4 Å². The van der Waals surface area contributed by atoms with Gasteiger partial charge < -0.3 is 5.73 Å². The molecule has 2 aromatic rings. The van der Waals surface area contributed by atoms with Crippen LogP contribution in [0.1, 0.15) is 31.9 Å². The third-order valence-electron chi connectivity index (χ3n) is 3.61. The fourth-order valence-electron chi connectivity index (χ4n) is 2.39. The summed E-state index contributed by atoms with van der Waals surface area (Å²) in [5.74, 6) is 0.806. The molecule has 18 heavy (non-hydrogen) atoms. The zero-order valence-corrected chi connectivity index (χ0v) is 10.9. The molecular formula is C13H17N5. The topological polar surface area (TPSA) is 69.6 Å². The van der Waals surface area contributed by atoms with Gasteiger partial charge in [0.15, 0.2) is 5.82 Å². The predicted octanol–water partition coefficient (Wildman–Crippen LogP) is 2.20. The van der Waals surface area contributed by atoms with E-state index in [1.54, 1.807) is 0 Å². The molecule has 1 unspecified atom stereocenters. The number of anilines is 1. The molecule has 1 aliphatic rings. The van der Waals surface area contributed by atoms with E-state index >= 15 is 0 Å². The molecule has 1 aromatic carbocycles. The smallest absolute Gasteiger partial charge is 0.182 e. The number of rotatable bonds is 2. The third kappa shape index (κ3) is 1.75. The Hall–Kier alpha value is -1.91. The predicted molar refractivity (Wildman–Crippen MR) is 69.8 cm³/mol. The van der Waals surface area contributed by atoms with E-state index < -0.39 is 0 Å². The van der Waals surface area contributed by atoms with Crippen molar-refractivity contribution in [3.63, 3.8) is 0 Å². The number of tetrazole rings is 1. The lowest BCUT2D eigenvalue weighted by Gasteiger charge is -2.07. The van der Waals surface area contributed by atoms with Gasteiger partial charge in [-0.05, 0) is 52.9 Å². The molecule has 0 bridgehead atoms. The summed E-state index contributed by atoms with van der Waals surface area (Å²) in [6.45, 7) is 6.48. The second-order valence-electron chi connectivity index (χ2n) is 5.79. The Morgan fingerprint density at radius 2 is 2.06 bits per heavy atom. The van der Waals surface area contributed by atoms with Crippen molar-refractivity contribution in [1.29, 1.82) is 0 Å². The summed E-state index contributed by atoms with van der Waals surface area (Å²) in [5.41, 5.74) is 9.03. The van der Waals surface area contributed by atoms with Gasteiger partial charge >= 0.3 is 0 Å². The summed E-state index contributed by atoms with van der Waals surface area (Å²) >= 11 is 0. The molecule has 1 heterocycles. The van der Waals surface area contributed by atoms with Crippen LogP contribution in [0, 0.1) is 12.3 Å². The first-order valence-electron chi connectivity index (χ1n) is 6.13. The van der Waals surface area contributed by atoms with Gasteiger partial charge in [0.05, 0.1) is 6.04 Å². The highest BCUT2D eigenvalue weighted by molar-refractivity contribution is 5.62. The molecule has 5 heteroatoms. The highest BCUT2D eigenvalue weighted by atomic mass is 15.6. The van der Waals surface area contributed by atoms with E-state index in [0.717, 1.165) is 29.1 Å². The zero-order chi connectivity index (χ0) is 12.9. The summed E-state index contributed by atoms with van der Waals surface area (Å²) in [5, 5.41) is 12.1. The minimum Gasteiger partial charge on any atom is -0.399 e. The van der Waals surface area contributed by atoms with Crippen molar-refractivity contribution < 1.29 is 0 Å². The molecule has 3 rings (SSSR count). The molecule has 0 radical (unpaired) electrons. The number of aromatic nitrogens is 4. The Morgan fingerprint density at radius 1 is 1.33 bits per heavy atom. The number of benzene rings is 1. The quantitative estimate of drug-likeness (QED) is 0.821. The summed E-state index contributed by atoms with van der Waals surface area (Å²) in [6.07, 6.45) is 1.12. The van der Waals surface area contributed by atoms with Crippen LogP contribution in [0.2, 0.25) is 0 Å². The molecule has 1 aliphatic carbocycles. The van der Waals surface area contributed by atoms with E-state index in [2.05, 4.69) is 35.4 Å². The standard InChI is InChI=1S/C13H17N5/c1-8-4-9(6-10(14)5-8)12-15-16-17-18(12)11-7-13(11,2)3/h4-6,11H,7,14H2,1-3H3. The number of hydrogen-bond donors (Lipinski definition) is 1. The van der Waals surface area contributed by atoms with E-state index in [9.17, 15) is 0 Å². The van der Waals surface area contributed by atoms with Crippen molar-refractivity contribution in [3.8, 4) is 11.4 Å². The Bertz CT molecular complexity index is 579. The maximum Gasteiger partial charge on any atom is 0.182 e. The lowest BCUT2D eigenvalue weighted by molar-refractivity contribution is 0.497. The van der Waals surface area contributed by atoms with Gasteiger partial charge in [0, 0.05) is 11.3 Å². The van der Waals surface area contributed by atoms with Crippen LogP contribution in [0.5, 0.6) is 0 Å². The SMILES string of the molecule is Cc1cc(N)cc(-c2nnnn2C2CC2(C)C)c1. The molecule has 5 nitrogen and oxygen atoms in total. The molecule has 0 spiro atoms. The molecule has 0 amide bonds. The molecule has 94 valence electrons. The molecule has 1 fully saturated rings. The maximum atomic E-state index is 5.88. The van der Waals surface area contributed by atoms with E-state index in [4.69, 9.17) is 5.73 Å². The van der Waals surface area contributed by atoms with E-state index in [1.165, 1.54) is 0 Å². The highest BCUT2D eigenvalue weighted by Gasteiger charge is 2.49. The van der Waals surface area contributed by atoms with Crippen LogP contribution in [-0.2, 0) is 0 Å². The lowest BCUT2D eigenvalue weighted by atomic mass is 10.1. The van der Waals surface area contributed by atoms with Crippen LogP contribution < -0.4 is 5.73 Å². The molecular weight excluding hydrogens is 226 g/mol. The Kier molecular flexibility index (Phi) is 2.20. The van der Waals surface area contributed by atoms with Crippen molar-refractivity contribution >= 4 is 5.69 Å². The van der Waals surface area contributed by atoms with Crippen LogP contribution in [0.15, 0.2) is 18.2 Å². The third-order valence-corrected chi connectivity index (χ3v) is 3.61. The molecule has 1 aromatic heterocycles. The Labute approximate surface area is 106 Å². The largest absolute Gasteiger partial charge is 0.399 e. The maximum absolute atomic E-state index is 5.88. The van der Waals surface area contributed by atoms with Crippen molar-refractivity contribution in [3.05, 3.63) is 23.8 Å². The molecule has 1 saturated carbocycles. The van der Waals surface area contributed by atoms with E-state index in [1.807, 2.05) is 23.7 Å².